The molecule has 2 heterocycles. The van der Waals surface area contributed by atoms with Gasteiger partial charge in [-0.2, -0.15) is 0 Å². The van der Waals surface area contributed by atoms with Crippen molar-refractivity contribution < 1.29 is 24.2 Å². The summed E-state index contributed by atoms with van der Waals surface area (Å²) in [7, 11) is 0. The van der Waals surface area contributed by atoms with E-state index in [1.807, 2.05) is 62.4 Å². The van der Waals surface area contributed by atoms with Crippen molar-refractivity contribution in [3.63, 3.8) is 0 Å². The summed E-state index contributed by atoms with van der Waals surface area (Å²) in [6, 6.07) is 28.1. The second-order valence-corrected chi connectivity index (χ2v) is 12.9. The molecule has 1 aliphatic rings. The van der Waals surface area contributed by atoms with Gasteiger partial charge in [0.2, 0.25) is 5.13 Å². The normalized spacial score (nSPS) is 14.8. The smallest absolute Gasteiger partial charge is 0.296 e. The molecule has 0 saturated heterocycles. The van der Waals surface area contributed by atoms with Crippen molar-refractivity contribution in [3.05, 3.63) is 125 Å². The van der Waals surface area contributed by atoms with E-state index < -0.39 is 23.5 Å². The van der Waals surface area contributed by atoms with Gasteiger partial charge in [-0.25, -0.2) is 0 Å². The van der Waals surface area contributed by atoms with Crippen LogP contribution in [0.2, 0.25) is 0 Å². The molecule has 5 aromatic rings. The average Bonchev–Trinajstić information content (AvgIpc) is 3.67. The van der Waals surface area contributed by atoms with Crippen LogP contribution in [0, 0.1) is 0 Å². The number of hydrogen-bond donors (Lipinski definition) is 1. The lowest BCUT2D eigenvalue weighted by Gasteiger charge is -2.24. The minimum Gasteiger partial charge on any atom is -0.503 e. The summed E-state index contributed by atoms with van der Waals surface area (Å²) < 4.78 is 12.5. The number of carbonyl (C=O) groups excluding carboxylic acids is 2. The van der Waals surface area contributed by atoms with E-state index in [-0.39, 0.29) is 10.7 Å². The fourth-order valence-electron chi connectivity index (χ4n) is 5.41. The molecule has 4 aromatic carbocycles. The van der Waals surface area contributed by atoms with Crippen LogP contribution in [0.4, 0.5) is 5.13 Å². The molecule has 1 atom stereocenters. The van der Waals surface area contributed by atoms with E-state index in [0.717, 1.165) is 22.9 Å². The number of rotatable bonds is 13. The number of aliphatic hydroxyl groups excluding tert-OH is 1. The maximum absolute atomic E-state index is 13.8. The standard InChI is InChI=1S/C37H33N3O5S2/c1-3-21-45-30-20-18-26(22-31(30)44-4-2)33-32(29(41)19-17-24-11-6-5-7-12-24)34(42)35(43)40(33)36-38-39-37(47-36)46-23-27-15-10-14-25-13-8-9-16-28(25)27/h5-20,22,33,42H,3-4,21,23H2,1-2H3. The van der Waals surface area contributed by atoms with Crippen molar-refractivity contribution in [2.24, 2.45) is 0 Å². The zero-order valence-electron chi connectivity index (χ0n) is 26.0. The molecule has 0 aliphatic carbocycles. The van der Waals surface area contributed by atoms with Crippen molar-refractivity contribution in [2.45, 2.75) is 36.4 Å². The molecule has 0 bridgehead atoms. The van der Waals surface area contributed by atoms with Crippen LogP contribution in [0.5, 0.6) is 11.5 Å². The van der Waals surface area contributed by atoms with Crippen molar-refractivity contribution in [2.75, 3.05) is 18.1 Å². The lowest BCUT2D eigenvalue weighted by atomic mass is 9.95. The van der Waals surface area contributed by atoms with Gasteiger partial charge in [0.15, 0.2) is 27.4 Å². The minimum absolute atomic E-state index is 0.0491. The van der Waals surface area contributed by atoms with E-state index in [1.165, 1.54) is 39.5 Å². The molecular weight excluding hydrogens is 631 g/mol. The highest BCUT2D eigenvalue weighted by Crippen LogP contribution is 2.45. The van der Waals surface area contributed by atoms with Crippen LogP contribution in [-0.4, -0.2) is 40.2 Å². The Labute approximate surface area is 281 Å². The Morgan fingerprint density at radius 1 is 0.957 bits per heavy atom. The number of allylic oxidation sites excluding steroid dienone is 1. The third-order valence-corrected chi connectivity index (χ3v) is 9.68. The number of thioether (sulfide) groups is 1. The Balaban J connectivity index is 1.35. The molecular formula is C37H33N3O5S2. The molecule has 0 fully saturated rings. The summed E-state index contributed by atoms with van der Waals surface area (Å²) in [5.41, 5.74) is 2.48. The maximum atomic E-state index is 13.8. The Bertz CT molecular complexity index is 1970. The Kier molecular flexibility index (Phi) is 9.99. The predicted molar refractivity (Wildman–Crippen MR) is 187 cm³/mol. The van der Waals surface area contributed by atoms with E-state index in [0.29, 0.717) is 40.4 Å². The number of ketones is 1. The van der Waals surface area contributed by atoms with Crippen LogP contribution in [0.15, 0.2) is 113 Å². The van der Waals surface area contributed by atoms with E-state index in [4.69, 9.17) is 9.47 Å². The molecule has 1 aliphatic heterocycles. The zero-order chi connectivity index (χ0) is 32.8. The fraction of sp³-hybridized carbons (Fsp3) is 0.189. The van der Waals surface area contributed by atoms with Crippen LogP contribution >= 0.6 is 23.1 Å². The van der Waals surface area contributed by atoms with Crippen molar-refractivity contribution >= 4 is 56.8 Å². The number of anilines is 1. The molecule has 0 radical (unpaired) electrons. The molecule has 1 N–H and O–H groups in total. The van der Waals surface area contributed by atoms with E-state index >= 15 is 0 Å². The summed E-state index contributed by atoms with van der Waals surface area (Å²) in [6.45, 7) is 4.78. The first kappa shape index (κ1) is 32.0. The third-order valence-electron chi connectivity index (χ3n) is 7.58. The quantitative estimate of drug-likeness (QED) is 0.0762. The highest BCUT2D eigenvalue weighted by Gasteiger charge is 2.45. The van der Waals surface area contributed by atoms with Gasteiger partial charge in [0, 0.05) is 5.75 Å². The van der Waals surface area contributed by atoms with Gasteiger partial charge in [0.25, 0.3) is 5.91 Å². The first-order valence-corrected chi connectivity index (χ1v) is 17.1. The molecule has 10 heteroatoms. The topological polar surface area (TPSA) is 102 Å². The van der Waals surface area contributed by atoms with Gasteiger partial charge in [-0.1, -0.05) is 115 Å². The van der Waals surface area contributed by atoms with Crippen LogP contribution in [0.3, 0.4) is 0 Å². The molecule has 1 unspecified atom stereocenters. The molecule has 238 valence electrons. The number of nitrogens with zero attached hydrogens (tertiary/aromatic N) is 3. The number of amides is 1. The van der Waals surface area contributed by atoms with Gasteiger partial charge in [-0.15, -0.1) is 10.2 Å². The summed E-state index contributed by atoms with van der Waals surface area (Å²) in [4.78, 5) is 28.8. The number of carbonyl (C=O) groups is 2. The van der Waals surface area contributed by atoms with Crippen LogP contribution in [0.25, 0.3) is 16.8 Å². The Hall–Kier alpha value is -4.93. The van der Waals surface area contributed by atoms with Crippen molar-refractivity contribution in [1.82, 2.24) is 10.2 Å². The highest BCUT2D eigenvalue weighted by molar-refractivity contribution is 8.00. The Morgan fingerprint density at radius 3 is 2.55 bits per heavy atom. The number of hydrogen-bond acceptors (Lipinski definition) is 9. The van der Waals surface area contributed by atoms with E-state index in [2.05, 4.69) is 34.5 Å². The molecule has 6 rings (SSSR count). The highest BCUT2D eigenvalue weighted by atomic mass is 32.2. The monoisotopic (exact) mass is 663 g/mol. The molecule has 0 spiro atoms. The maximum Gasteiger partial charge on any atom is 0.296 e. The molecule has 47 heavy (non-hydrogen) atoms. The summed E-state index contributed by atoms with van der Waals surface area (Å²) in [6.07, 6.45) is 3.85. The zero-order valence-corrected chi connectivity index (χ0v) is 27.6. The SMILES string of the molecule is CCCOc1ccc(C2C(C(=O)C=Cc3ccccc3)=C(O)C(=O)N2c2nnc(SCc3cccc4ccccc34)s2)cc1OCC. The second-order valence-electron chi connectivity index (χ2n) is 10.7. The fourth-order valence-corrected chi connectivity index (χ4v) is 7.28. The molecule has 0 saturated carbocycles. The number of ether oxygens (including phenoxy) is 2. The molecule has 1 amide bonds. The number of aliphatic hydroxyl groups is 1. The van der Waals surface area contributed by atoms with Gasteiger partial charge in [-0.3, -0.25) is 14.5 Å². The van der Waals surface area contributed by atoms with Crippen LogP contribution < -0.4 is 14.4 Å². The van der Waals surface area contributed by atoms with E-state index in [9.17, 15) is 14.7 Å². The predicted octanol–water partition coefficient (Wildman–Crippen LogP) is 8.35. The minimum atomic E-state index is -0.973. The number of fused-ring (bicyclic) bond motifs is 1. The van der Waals surface area contributed by atoms with Gasteiger partial charge in [-0.05, 0) is 59.0 Å². The Morgan fingerprint density at radius 2 is 1.74 bits per heavy atom. The van der Waals surface area contributed by atoms with Crippen molar-refractivity contribution in [3.8, 4) is 11.5 Å². The summed E-state index contributed by atoms with van der Waals surface area (Å²) in [5.74, 6) is -0.151. The summed E-state index contributed by atoms with van der Waals surface area (Å²) in [5, 5.41) is 22.6. The largest absolute Gasteiger partial charge is 0.503 e. The summed E-state index contributed by atoms with van der Waals surface area (Å²) >= 11 is 2.75. The van der Waals surface area contributed by atoms with Gasteiger partial charge in [0.05, 0.1) is 24.8 Å². The van der Waals surface area contributed by atoms with Crippen LogP contribution in [0.1, 0.15) is 43.0 Å². The first-order chi connectivity index (χ1) is 23.0. The lowest BCUT2D eigenvalue weighted by Crippen LogP contribution is -2.31. The first-order valence-electron chi connectivity index (χ1n) is 15.3. The van der Waals surface area contributed by atoms with Gasteiger partial charge >= 0.3 is 0 Å². The van der Waals surface area contributed by atoms with Crippen molar-refractivity contribution in [1.29, 1.82) is 0 Å². The van der Waals surface area contributed by atoms with Gasteiger partial charge < -0.3 is 14.6 Å². The third kappa shape index (κ3) is 6.94. The van der Waals surface area contributed by atoms with E-state index in [1.54, 1.807) is 24.3 Å². The molecule has 8 nitrogen and oxygen atoms in total. The lowest BCUT2D eigenvalue weighted by molar-refractivity contribution is -0.117. The number of aromatic nitrogens is 2. The van der Waals surface area contributed by atoms with Gasteiger partial charge in [0.1, 0.15) is 0 Å². The second kappa shape index (κ2) is 14.7. The number of benzene rings is 4. The van der Waals surface area contributed by atoms with Crippen LogP contribution in [-0.2, 0) is 15.3 Å². The molecule has 1 aromatic heterocycles. The average molecular weight is 664 g/mol.